The molecule has 0 unspecified atom stereocenters. The van der Waals surface area contributed by atoms with Crippen LogP contribution in [-0.2, 0) is 0 Å². The van der Waals surface area contributed by atoms with Crippen LogP contribution in [0.25, 0.3) is 10.2 Å². The normalized spacial score (nSPS) is 10.0. The van der Waals surface area contributed by atoms with Gasteiger partial charge in [0.15, 0.2) is 5.01 Å². The molecule has 0 saturated carbocycles. The summed E-state index contributed by atoms with van der Waals surface area (Å²) in [4.78, 5) is 4.18. The van der Waals surface area contributed by atoms with E-state index in [0.717, 1.165) is 16.0 Å². The second-order valence-corrected chi connectivity index (χ2v) is 3.70. The molecule has 0 fully saturated rings. The smallest absolute Gasteiger partial charge is 0.195 e. The maximum absolute atomic E-state index is 8.72. The van der Waals surface area contributed by atoms with Crippen molar-refractivity contribution < 1.29 is 4.74 Å². The molecule has 2 rings (SSSR count). The molecule has 14 heavy (non-hydrogen) atoms. The Kier molecular flexibility index (Phi) is 2.33. The van der Waals surface area contributed by atoms with Gasteiger partial charge in [-0.25, -0.2) is 4.98 Å². The van der Waals surface area contributed by atoms with Gasteiger partial charge < -0.3 is 4.74 Å². The number of benzene rings is 1. The Morgan fingerprint density at radius 3 is 3.14 bits per heavy atom. The molecule has 1 aromatic carbocycles. The molecule has 0 saturated heterocycles. The van der Waals surface area contributed by atoms with Crippen LogP contribution in [0.3, 0.4) is 0 Å². The predicted octanol–water partition coefficient (Wildman–Crippen LogP) is 2.57. The van der Waals surface area contributed by atoms with Gasteiger partial charge in [-0.05, 0) is 19.1 Å². The first-order valence-electron chi connectivity index (χ1n) is 4.27. The summed E-state index contributed by atoms with van der Waals surface area (Å²) in [5.41, 5.74) is 0.788. The largest absolute Gasteiger partial charge is 0.492 e. The maximum Gasteiger partial charge on any atom is 0.195 e. The third-order valence-corrected chi connectivity index (χ3v) is 2.70. The molecular weight excluding hydrogens is 196 g/mol. The Balaban J connectivity index is 2.62. The number of thiazole rings is 1. The van der Waals surface area contributed by atoms with Crippen molar-refractivity contribution in [3.63, 3.8) is 0 Å². The van der Waals surface area contributed by atoms with E-state index in [2.05, 4.69) is 4.98 Å². The Hall–Kier alpha value is -1.60. The molecular formula is C10H8N2OS. The topological polar surface area (TPSA) is 45.9 Å². The van der Waals surface area contributed by atoms with Crippen LogP contribution in [0.2, 0.25) is 0 Å². The van der Waals surface area contributed by atoms with Crippen LogP contribution in [-0.4, -0.2) is 11.6 Å². The zero-order valence-corrected chi connectivity index (χ0v) is 8.47. The van der Waals surface area contributed by atoms with E-state index >= 15 is 0 Å². The number of nitriles is 1. The highest BCUT2D eigenvalue weighted by atomic mass is 32.1. The quantitative estimate of drug-likeness (QED) is 0.755. The van der Waals surface area contributed by atoms with Gasteiger partial charge in [-0.1, -0.05) is 6.07 Å². The van der Waals surface area contributed by atoms with Crippen molar-refractivity contribution in [3.8, 4) is 11.8 Å². The van der Waals surface area contributed by atoms with Gasteiger partial charge >= 0.3 is 0 Å². The summed E-state index contributed by atoms with van der Waals surface area (Å²) in [7, 11) is 0. The van der Waals surface area contributed by atoms with Crippen molar-refractivity contribution in [3.05, 3.63) is 23.2 Å². The maximum atomic E-state index is 8.72. The van der Waals surface area contributed by atoms with Crippen LogP contribution in [0.4, 0.5) is 0 Å². The van der Waals surface area contributed by atoms with Gasteiger partial charge in [0.05, 0.1) is 11.3 Å². The number of rotatable bonds is 2. The number of para-hydroxylation sites is 1. The molecule has 1 aromatic heterocycles. The van der Waals surface area contributed by atoms with Crippen molar-refractivity contribution in [1.29, 1.82) is 5.26 Å². The highest BCUT2D eigenvalue weighted by Crippen LogP contribution is 2.29. The van der Waals surface area contributed by atoms with Crippen molar-refractivity contribution in [2.75, 3.05) is 6.61 Å². The molecule has 0 aliphatic heterocycles. The highest BCUT2D eigenvalue weighted by Gasteiger charge is 2.07. The molecule has 0 bridgehead atoms. The fraction of sp³-hybridized carbons (Fsp3) is 0.200. The molecule has 2 aromatic rings. The van der Waals surface area contributed by atoms with Crippen LogP contribution >= 0.6 is 11.3 Å². The van der Waals surface area contributed by atoms with E-state index in [1.54, 1.807) is 0 Å². The Labute approximate surface area is 85.6 Å². The third kappa shape index (κ3) is 1.42. The first-order chi connectivity index (χ1) is 6.85. The first-order valence-corrected chi connectivity index (χ1v) is 5.09. The zero-order chi connectivity index (χ0) is 9.97. The number of hydrogen-bond donors (Lipinski definition) is 0. The van der Waals surface area contributed by atoms with E-state index in [-0.39, 0.29) is 0 Å². The minimum Gasteiger partial charge on any atom is -0.492 e. The number of hydrogen-bond acceptors (Lipinski definition) is 4. The summed E-state index contributed by atoms with van der Waals surface area (Å²) < 4.78 is 6.40. The molecule has 3 nitrogen and oxygen atoms in total. The van der Waals surface area contributed by atoms with Gasteiger partial charge in [-0.2, -0.15) is 5.26 Å². The third-order valence-electron chi connectivity index (χ3n) is 1.78. The molecule has 4 heteroatoms. The van der Waals surface area contributed by atoms with E-state index in [4.69, 9.17) is 10.00 Å². The van der Waals surface area contributed by atoms with Crippen LogP contribution < -0.4 is 4.74 Å². The average Bonchev–Trinajstić information content (AvgIpc) is 2.62. The van der Waals surface area contributed by atoms with Gasteiger partial charge in [0.2, 0.25) is 0 Å². The van der Waals surface area contributed by atoms with Crippen LogP contribution in [0.1, 0.15) is 11.9 Å². The summed E-state index contributed by atoms with van der Waals surface area (Å²) in [6, 6.07) is 7.76. The van der Waals surface area contributed by atoms with E-state index < -0.39 is 0 Å². The molecule has 0 aliphatic rings. The van der Waals surface area contributed by atoms with Crippen molar-refractivity contribution in [1.82, 2.24) is 4.98 Å². The van der Waals surface area contributed by atoms with Gasteiger partial charge in [0, 0.05) is 0 Å². The van der Waals surface area contributed by atoms with Crippen molar-refractivity contribution in [2.45, 2.75) is 6.92 Å². The molecule has 1 heterocycles. The molecule has 0 amide bonds. The van der Waals surface area contributed by atoms with Gasteiger partial charge in [-0.15, -0.1) is 11.3 Å². The lowest BCUT2D eigenvalue weighted by Crippen LogP contribution is -1.91. The zero-order valence-electron chi connectivity index (χ0n) is 7.65. The summed E-state index contributed by atoms with van der Waals surface area (Å²) in [5, 5.41) is 9.20. The lowest BCUT2D eigenvalue weighted by molar-refractivity contribution is 0.344. The Bertz CT molecular complexity index is 498. The number of nitrogens with zero attached hydrogens (tertiary/aromatic N) is 2. The van der Waals surface area contributed by atoms with Crippen molar-refractivity contribution >= 4 is 21.6 Å². The van der Waals surface area contributed by atoms with E-state index in [1.807, 2.05) is 31.2 Å². The van der Waals surface area contributed by atoms with Crippen LogP contribution in [0.5, 0.6) is 5.75 Å². The Morgan fingerprint density at radius 1 is 1.57 bits per heavy atom. The predicted molar refractivity (Wildman–Crippen MR) is 55.5 cm³/mol. The Morgan fingerprint density at radius 2 is 2.43 bits per heavy atom. The monoisotopic (exact) mass is 204 g/mol. The number of fused-ring (bicyclic) bond motifs is 1. The van der Waals surface area contributed by atoms with Gasteiger partial charge in [-0.3, -0.25) is 0 Å². The first kappa shape index (κ1) is 8.97. The average molecular weight is 204 g/mol. The molecule has 0 N–H and O–H groups in total. The van der Waals surface area contributed by atoms with Crippen LogP contribution in [0, 0.1) is 11.3 Å². The standard InChI is InChI=1S/C10H8N2OS/c1-2-13-7-4-3-5-8-10(7)12-9(6-11)14-8/h3-5H,2H2,1H3. The molecule has 0 aliphatic carbocycles. The second kappa shape index (κ2) is 3.64. The summed E-state index contributed by atoms with van der Waals surface area (Å²) in [6.07, 6.45) is 0. The molecule has 70 valence electrons. The number of aromatic nitrogens is 1. The lowest BCUT2D eigenvalue weighted by atomic mass is 10.3. The highest BCUT2D eigenvalue weighted by molar-refractivity contribution is 7.19. The van der Waals surface area contributed by atoms with Crippen LogP contribution in [0.15, 0.2) is 18.2 Å². The lowest BCUT2D eigenvalue weighted by Gasteiger charge is -2.01. The minimum absolute atomic E-state index is 0.479. The SMILES string of the molecule is CCOc1cccc2sc(C#N)nc12. The summed E-state index contributed by atoms with van der Waals surface area (Å²) in [6.45, 7) is 2.54. The second-order valence-electron chi connectivity index (χ2n) is 2.67. The minimum atomic E-state index is 0.479. The van der Waals surface area contributed by atoms with Crippen molar-refractivity contribution in [2.24, 2.45) is 0 Å². The fourth-order valence-corrected chi connectivity index (χ4v) is 2.02. The molecule has 0 atom stereocenters. The fourth-order valence-electron chi connectivity index (χ4n) is 1.24. The van der Waals surface area contributed by atoms with Gasteiger partial charge in [0.1, 0.15) is 17.3 Å². The number of ether oxygens (including phenoxy) is 1. The molecule has 0 spiro atoms. The van der Waals surface area contributed by atoms with Gasteiger partial charge in [0.25, 0.3) is 0 Å². The van der Waals surface area contributed by atoms with E-state index in [1.165, 1.54) is 11.3 Å². The van der Waals surface area contributed by atoms with E-state index in [0.29, 0.717) is 11.6 Å². The summed E-state index contributed by atoms with van der Waals surface area (Å²) in [5.74, 6) is 0.753. The summed E-state index contributed by atoms with van der Waals surface area (Å²) >= 11 is 1.39. The van der Waals surface area contributed by atoms with E-state index in [9.17, 15) is 0 Å². The molecule has 0 radical (unpaired) electrons.